The van der Waals surface area contributed by atoms with Crippen LogP contribution >= 0.6 is 11.3 Å². The molecule has 0 radical (unpaired) electrons. The van der Waals surface area contributed by atoms with Crippen LogP contribution in [0, 0.1) is 0 Å². The van der Waals surface area contributed by atoms with Crippen molar-refractivity contribution in [1.29, 1.82) is 0 Å². The number of aromatic nitrogens is 2. The van der Waals surface area contributed by atoms with Crippen molar-refractivity contribution in [2.24, 2.45) is 0 Å². The SMILES string of the molecule is C=CCN(C(=O)CN1CCN(C)CC1)c1nc(-c2c[nH]c3ccccc23)cs1. The van der Waals surface area contributed by atoms with Gasteiger partial charge in [-0.1, -0.05) is 24.3 Å². The Balaban J connectivity index is 1.54. The van der Waals surface area contributed by atoms with Crippen molar-refractivity contribution in [3.63, 3.8) is 0 Å². The Morgan fingerprint density at radius 2 is 2.11 bits per heavy atom. The molecule has 6 nitrogen and oxygen atoms in total. The van der Waals surface area contributed by atoms with Crippen LogP contribution in [0.25, 0.3) is 22.2 Å². The summed E-state index contributed by atoms with van der Waals surface area (Å²) in [4.78, 5) is 27.3. The summed E-state index contributed by atoms with van der Waals surface area (Å²) in [6, 6.07) is 8.17. The van der Waals surface area contributed by atoms with E-state index in [1.165, 1.54) is 11.3 Å². The van der Waals surface area contributed by atoms with E-state index in [9.17, 15) is 4.79 Å². The van der Waals surface area contributed by atoms with Crippen LogP contribution in [0.3, 0.4) is 0 Å². The molecule has 1 aliphatic heterocycles. The van der Waals surface area contributed by atoms with Gasteiger partial charge in [-0.2, -0.15) is 0 Å². The van der Waals surface area contributed by atoms with Crippen LogP contribution in [0.5, 0.6) is 0 Å². The molecule has 1 N–H and O–H groups in total. The van der Waals surface area contributed by atoms with Crippen molar-refractivity contribution >= 4 is 33.3 Å². The molecule has 146 valence electrons. The topological polar surface area (TPSA) is 55.5 Å². The number of nitrogens with zero attached hydrogens (tertiary/aromatic N) is 4. The third-order valence-corrected chi connectivity index (χ3v) is 6.02. The normalized spacial score (nSPS) is 15.8. The second kappa shape index (κ2) is 8.26. The minimum absolute atomic E-state index is 0.0734. The van der Waals surface area contributed by atoms with Gasteiger partial charge in [0.1, 0.15) is 0 Å². The van der Waals surface area contributed by atoms with Gasteiger partial charge in [-0.3, -0.25) is 14.6 Å². The fraction of sp³-hybridized carbons (Fsp3) is 0.333. The van der Waals surface area contributed by atoms with E-state index in [1.54, 1.807) is 11.0 Å². The van der Waals surface area contributed by atoms with Gasteiger partial charge < -0.3 is 9.88 Å². The van der Waals surface area contributed by atoms with Crippen molar-refractivity contribution in [2.45, 2.75) is 0 Å². The van der Waals surface area contributed by atoms with E-state index in [0.29, 0.717) is 13.1 Å². The highest BCUT2D eigenvalue weighted by atomic mass is 32.1. The molecule has 3 aromatic rings. The maximum Gasteiger partial charge on any atom is 0.243 e. The first-order valence-electron chi connectivity index (χ1n) is 9.50. The Kier molecular flexibility index (Phi) is 5.57. The van der Waals surface area contributed by atoms with Crippen LogP contribution in [0.1, 0.15) is 0 Å². The third-order valence-electron chi connectivity index (χ3n) is 5.16. The lowest BCUT2D eigenvalue weighted by atomic mass is 10.1. The molecule has 1 saturated heterocycles. The van der Waals surface area contributed by atoms with Crippen LogP contribution in [-0.4, -0.2) is 72.0 Å². The van der Waals surface area contributed by atoms with Gasteiger partial charge in [0.05, 0.1) is 12.2 Å². The number of piperazine rings is 1. The molecule has 28 heavy (non-hydrogen) atoms. The molecule has 1 aliphatic rings. The van der Waals surface area contributed by atoms with Crippen molar-refractivity contribution in [3.05, 3.63) is 48.5 Å². The largest absolute Gasteiger partial charge is 0.360 e. The zero-order valence-electron chi connectivity index (χ0n) is 16.1. The summed E-state index contributed by atoms with van der Waals surface area (Å²) >= 11 is 1.50. The van der Waals surface area contributed by atoms with E-state index in [-0.39, 0.29) is 5.91 Å². The van der Waals surface area contributed by atoms with E-state index in [4.69, 9.17) is 4.98 Å². The molecule has 1 aromatic carbocycles. The monoisotopic (exact) mass is 395 g/mol. The standard InChI is InChI=1S/C21H25N5OS/c1-3-8-26(20(27)14-25-11-9-24(2)10-12-25)21-23-19(15-28-21)17-13-22-18-7-5-4-6-16(17)18/h3-7,13,15,22H,1,8-12,14H2,2H3. The Bertz CT molecular complexity index is 970. The molecule has 0 aliphatic carbocycles. The van der Waals surface area contributed by atoms with Crippen molar-refractivity contribution in [3.8, 4) is 11.3 Å². The van der Waals surface area contributed by atoms with Crippen molar-refractivity contribution in [2.75, 3.05) is 51.2 Å². The molecular weight excluding hydrogens is 370 g/mol. The van der Waals surface area contributed by atoms with Crippen LogP contribution in [0.15, 0.2) is 48.5 Å². The number of anilines is 1. The minimum Gasteiger partial charge on any atom is -0.360 e. The average molecular weight is 396 g/mol. The molecule has 0 spiro atoms. The molecule has 1 fully saturated rings. The van der Waals surface area contributed by atoms with E-state index in [2.05, 4.69) is 40.5 Å². The molecule has 0 bridgehead atoms. The van der Waals surface area contributed by atoms with Gasteiger partial charge in [-0.15, -0.1) is 17.9 Å². The summed E-state index contributed by atoms with van der Waals surface area (Å²) < 4.78 is 0. The lowest BCUT2D eigenvalue weighted by Crippen LogP contribution is -2.49. The number of hydrogen-bond acceptors (Lipinski definition) is 5. The number of benzene rings is 1. The zero-order valence-corrected chi connectivity index (χ0v) is 16.9. The predicted molar refractivity (Wildman–Crippen MR) is 116 cm³/mol. The lowest BCUT2D eigenvalue weighted by molar-refractivity contribution is -0.120. The van der Waals surface area contributed by atoms with Crippen LogP contribution in [-0.2, 0) is 4.79 Å². The van der Waals surface area contributed by atoms with Gasteiger partial charge in [-0.05, 0) is 13.1 Å². The quantitative estimate of drug-likeness (QED) is 0.652. The lowest BCUT2D eigenvalue weighted by Gasteiger charge is -2.32. The van der Waals surface area contributed by atoms with Crippen molar-refractivity contribution < 1.29 is 4.79 Å². The smallest absolute Gasteiger partial charge is 0.243 e. The molecule has 3 heterocycles. The molecule has 0 atom stereocenters. The maximum atomic E-state index is 13.0. The molecule has 0 saturated carbocycles. The number of nitrogens with one attached hydrogen (secondary N) is 1. The van der Waals surface area contributed by atoms with E-state index >= 15 is 0 Å². The van der Waals surface area contributed by atoms with E-state index in [1.807, 2.05) is 23.7 Å². The number of amides is 1. The Morgan fingerprint density at radius 3 is 2.89 bits per heavy atom. The molecule has 1 amide bonds. The fourth-order valence-electron chi connectivity index (χ4n) is 3.49. The van der Waals surface area contributed by atoms with Crippen LogP contribution in [0.4, 0.5) is 5.13 Å². The summed E-state index contributed by atoms with van der Waals surface area (Å²) in [6.45, 7) is 8.54. The first-order chi connectivity index (χ1) is 13.7. The molecule has 2 aromatic heterocycles. The third kappa shape index (κ3) is 3.87. The number of likely N-dealkylation sites (N-methyl/N-ethyl adjacent to an activating group) is 1. The summed E-state index contributed by atoms with van der Waals surface area (Å²) in [5.74, 6) is 0.0734. The number of hydrogen-bond donors (Lipinski definition) is 1. The summed E-state index contributed by atoms with van der Waals surface area (Å²) in [5.41, 5.74) is 3.03. The predicted octanol–water partition coefficient (Wildman–Crippen LogP) is 3.06. The van der Waals surface area contributed by atoms with Gasteiger partial charge in [0.15, 0.2) is 5.13 Å². The summed E-state index contributed by atoms with van der Waals surface area (Å²) in [6.07, 6.45) is 3.74. The van der Waals surface area contributed by atoms with Crippen molar-refractivity contribution in [1.82, 2.24) is 19.8 Å². The Hall–Kier alpha value is -2.48. The number of carbonyl (C=O) groups is 1. The van der Waals surface area contributed by atoms with Gasteiger partial charge in [-0.25, -0.2) is 4.98 Å². The maximum absolute atomic E-state index is 13.0. The highest BCUT2D eigenvalue weighted by molar-refractivity contribution is 7.14. The highest BCUT2D eigenvalue weighted by Crippen LogP contribution is 2.32. The zero-order chi connectivity index (χ0) is 19.5. The number of thiazole rings is 1. The Morgan fingerprint density at radius 1 is 1.32 bits per heavy atom. The van der Waals surface area contributed by atoms with Crippen LogP contribution in [0.2, 0.25) is 0 Å². The number of fused-ring (bicyclic) bond motifs is 1. The van der Waals surface area contributed by atoms with Gasteiger partial charge in [0.2, 0.25) is 5.91 Å². The first-order valence-corrected chi connectivity index (χ1v) is 10.4. The second-order valence-corrected chi connectivity index (χ2v) is 7.97. The molecular formula is C21H25N5OS. The molecule has 4 rings (SSSR count). The Labute approximate surface area is 169 Å². The molecule has 7 heteroatoms. The summed E-state index contributed by atoms with van der Waals surface area (Å²) in [7, 11) is 2.12. The minimum atomic E-state index is 0.0734. The second-order valence-electron chi connectivity index (χ2n) is 7.14. The van der Waals surface area contributed by atoms with Gasteiger partial charge >= 0.3 is 0 Å². The van der Waals surface area contributed by atoms with Gasteiger partial charge in [0, 0.05) is 60.8 Å². The highest BCUT2D eigenvalue weighted by Gasteiger charge is 2.23. The van der Waals surface area contributed by atoms with E-state index in [0.717, 1.165) is 53.5 Å². The van der Waals surface area contributed by atoms with Gasteiger partial charge in [0.25, 0.3) is 0 Å². The molecule has 0 unspecified atom stereocenters. The number of carbonyl (C=O) groups excluding carboxylic acids is 1. The number of aromatic amines is 1. The number of para-hydroxylation sites is 1. The van der Waals surface area contributed by atoms with Crippen LogP contribution < -0.4 is 4.90 Å². The average Bonchev–Trinajstić information content (AvgIpc) is 3.34. The fourth-order valence-corrected chi connectivity index (χ4v) is 4.35. The number of rotatable bonds is 6. The number of H-pyrrole nitrogens is 1. The van der Waals surface area contributed by atoms with E-state index < -0.39 is 0 Å². The summed E-state index contributed by atoms with van der Waals surface area (Å²) in [5, 5.41) is 3.88. The first kappa shape index (κ1) is 18.9.